The van der Waals surface area contributed by atoms with Crippen LogP contribution < -0.4 is 5.73 Å². The second-order valence-corrected chi connectivity index (χ2v) is 12.9. The molecule has 4 aromatic rings. The summed E-state index contributed by atoms with van der Waals surface area (Å²) in [6.45, 7) is 3.30. The number of nitrogens with zero attached hydrogens (tertiary/aromatic N) is 5. The normalized spacial score (nSPS) is 25.8. The van der Waals surface area contributed by atoms with Crippen LogP contribution in [0.15, 0.2) is 30.3 Å². The number of piperidine rings is 1. The molecule has 3 N–H and O–H groups in total. The number of halogens is 1. The summed E-state index contributed by atoms with van der Waals surface area (Å²) in [6, 6.07) is 9.13. The van der Waals surface area contributed by atoms with E-state index in [-0.39, 0.29) is 23.9 Å². The zero-order valence-corrected chi connectivity index (χ0v) is 23.0. The van der Waals surface area contributed by atoms with Crippen molar-refractivity contribution in [3.8, 4) is 11.5 Å². The molecule has 4 heterocycles. The maximum atomic E-state index is 15.6. The average molecular weight is 543 g/mol. The summed E-state index contributed by atoms with van der Waals surface area (Å²) in [6.07, 6.45) is 6.33. The van der Waals surface area contributed by atoms with Gasteiger partial charge < -0.3 is 24.9 Å². The molecule has 8 nitrogen and oxygen atoms in total. The van der Waals surface area contributed by atoms with Crippen LogP contribution in [-0.4, -0.2) is 53.6 Å². The molecule has 3 saturated carbocycles. The van der Waals surface area contributed by atoms with Crippen molar-refractivity contribution in [3.05, 3.63) is 47.4 Å². The van der Waals surface area contributed by atoms with E-state index in [9.17, 15) is 9.90 Å². The van der Waals surface area contributed by atoms with Crippen LogP contribution in [0.2, 0.25) is 0 Å². The number of aliphatic hydroxyl groups is 1. The number of fused-ring (bicyclic) bond motifs is 4. The first-order chi connectivity index (χ1) is 19.2. The molecule has 4 fully saturated rings. The summed E-state index contributed by atoms with van der Waals surface area (Å²) < 4.78 is 19.6. The summed E-state index contributed by atoms with van der Waals surface area (Å²) in [5.41, 5.74) is 8.92. The molecule has 3 aromatic heterocycles. The summed E-state index contributed by atoms with van der Waals surface area (Å²) >= 11 is 0. The maximum absolute atomic E-state index is 15.6. The van der Waals surface area contributed by atoms with Gasteiger partial charge in [-0.15, -0.1) is 0 Å². The third-order valence-electron chi connectivity index (χ3n) is 10.1. The van der Waals surface area contributed by atoms with Gasteiger partial charge in [-0.25, -0.2) is 14.4 Å². The van der Waals surface area contributed by atoms with Gasteiger partial charge in [0.2, 0.25) is 0 Å². The van der Waals surface area contributed by atoms with Crippen LogP contribution in [0.25, 0.3) is 33.6 Å². The first-order valence-corrected chi connectivity index (χ1v) is 14.7. The van der Waals surface area contributed by atoms with Crippen molar-refractivity contribution < 1.29 is 14.3 Å². The number of carbonyl (C=O) groups is 1. The molecular formula is C31H35FN6O2. The molecule has 3 unspecified atom stereocenters. The number of aryl methyl sites for hydroxylation is 1. The third-order valence-corrected chi connectivity index (χ3v) is 10.1. The number of amides is 1. The van der Waals surface area contributed by atoms with Crippen LogP contribution in [0.3, 0.4) is 0 Å². The summed E-state index contributed by atoms with van der Waals surface area (Å²) in [7, 11) is 1.82. The van der Waals surface area contributed by atoms with Crippen molar-refractivity contribution in [3.63, 3.8) is 0 Å². The summed E-state index contributed by atoms with van der Waals surface area (Å²) in [5, 5.41) is 12.2. The van der Waals surface area contributed by atoms with Gasteiger partial charge in [0.1, 0.15) is 22.6 Å². The van der Waals surface area contributed by atoms with Crippen LogP contribution in [0.5, 0.6) is 0 Å². The minimum Gasteiger partial charge on any atom is -0.384 e. The highest BCUT2D eigenvalue weighted by Gasteiger charge is 2.47. The Kier molecular flexibility index (Phi) is 5.12. The number of pyridine rings is 1. The molecule has 4 atom stereocenters. The zero-order chi connectivity index (χ0) is 27.5. The lowest BCUT2D eigenvalue weighted by atomic mass is 9.95. The van der Waals surface area contributed by atoms with Gasteiger partial charge in [-0.05, 0) is 93.5 Å². The molecule has 0 spiro atoms. The van der Waals surface area contributed by atoms with E-state index in [0.29, 0.717) is 46.5 Å². The molecule has 2 bridgehead atoms. The van der Waals surface area contributed by atoms with Gasteiger partial charge >= 0.3 is 0 Å². The van der Waals surface area contributed by atoms with Crippen molar-refractivity contribution in [1.82, 2.24) is 24.0 Å². The van der Waals surface area contributed by atoms with Crippen molar-refractivity contribution >= 4 is 28.0 Å². The Morgan fingerprint density at radius 3 is 2.60 bits per heavy atom. The molecule has 1 aromatic carbocycles. The lowest BCUT2D eigenvalue weighted by Gasteiger charge is -2.27. The van der Waals surface area contributed by atoms with E-state index in [1.54, 1.807) is 10.6 Å². The van der Waals surface area contributed by atoms with E-state index in [1.807, 2.05) is 31.0 Å². The SMILES string of the molecule is Cn1c(-c2cc3ccc(C(C)(O)C4CC4)nc3n2CC2CC2)nc2cc(C(=O)N3CC4CCC3[C@H]4N)cc(F)c21. The van der Waals surface area contributed by atoms with Gasteiger partial charge in [-0.2, -0.15) is 0 Å². The lowest BCUT2D eigenvalue weighted by molar-refractivity contribution is 0.0289. The van der Waals surface area contributed by atoms with Gasteiger partial charge in [0.25, 0.3) is 5.91 Å². The molecule has 9 heteroatoms. The smallest absolute Gasteiger partial charge is 0.254 e. The highest BCUT2D eigenvalue weighted by Crippen LogP contribution is 2.45. The Morgan fingerprint density at radius 2 is 1.93 bits per heavy atom. The Morgan fingerprint density at radius 1 is 1.12 bits per heavy atom. The summed E-state index contributed by atoms with van der Waals surface area (Å²) in [4.78, 5) is 25.2. The van der Waals surface area contributed by atoms with Gasteiger partial charge in [0, 0.05) is 43.2 Å². The molecule has 1 aliphatic heterocycles. The number of nitrogens with two attached hydrogens (primary N) is 1. The van der Waals surface area contributed by atoms with Crippen molar-refractivity contribution in [2.24, 2.45) is 30.5 Å². The van der Waals surface area contributed by atoms with E-state index in [4.69, 9.17) is 15.7 Å². The summed E-state index contributed by atoms with van der Waals surface area (Å²) in [5.74, 6) is 1.16. The molecule has 4 aliphatic rings. The van der Waals surface area contributed by atoms with E-state index in [2.05, 4.69) is 10.6 Å². The molecule has 1 amide bonds. The standard InChI is InChI=1S/C31H35FN6O2/c1-31(40,20-7-8-20)25-10-6-17-13-24(37(28(17)35-25)14-16-3-4-16)29-34-22-12-19(11-21(32)27(22)36(29)2)30(39)38-15-18-5-9-23(38)26(18)33/h6,10-13,16,18,20,23,26,40H,3-5,7-9,14-15,33H2,1-2H3/t18?,23?,26-,31?/m0/s1. The number of rotatable bonds is 6. The molecular weight excluding hydrogens is 507 g/mol. The predicted molar refractivity (Wildman–Crippen MR) is 150 cm³/mol. The minimum atomic E-state index is -0.953. The molecule has 0 radical (unpaired) electrons. The largest absolute Gasteiger partial charge is 0.384 e. The van der Waals surface area contributed by atoms with E-state index >= 15 is 4.39 Å². The van der Waals surface area contributed by atoms with Crippen LogP contribution in [0, 0.1) is 23.6 Å². The Bertz CT molecular complexity index is 1700. The fourth-order valence-corrected chi connectivity index (χ4v) is 7.29. The number of hydrogen-bond donors (Lipinski definition) is 2. The van der Waals surface area contributed by atoms with Crippen molar-refractivity contribution in [2.45, 2.75) is 69.7 Å². The third kappa shape index (κ3) is 3.59. The number of likely N-dealkylation sites (tertiary alicyclic amines) is 1. The zero-order valence-electron chi connectivity index (χ0n) is 23.0. The highest BCUT2D eigenvalue weighted by atomic mass is 19.1. The number of benzene rings is 1. The molecule has 8 rings (SSSR count). The van der Waals surface area contributed by atoms with Gasteiger partial charge in [-0.3, -0.25) is 4.79 Å². The second kappa shape index (κ2) is 8.36. The first kappa shape index (κ1) is 24.5. The Hall–Kier alpha value is -3.30. The molecule has 3 aliphatic carbocycles. The van der Waals surface area contributed by atoms with Gasteiger partial charge in [0.05, 0.1) is 16.9 Å². The van der Waals surface area contributed by atoms with Crippen LogP contribution in [0.1, 0.15) is 61.5 Å². The quantitative estimate of drug-likeness (QED) is 0.378. The highest BCUT2D eigenvalue weighted by molar-refractivity contribution is 5.98. The second-order valence-electron chi connectivity index (χ2n) is 12.9. The van der Waals surface area contributed by atoms with E-state index < -0.39 is 11.4 Å². The maximum Gasteiger partial charge on any atom is 0.254 e. The monoisotopic (exact) mass is 542 g/mol. The van der Waals surface area contributed by atoms with E-state index in [0.717, 1.165) is 49.0 Å². The van der Waals surface area contributed by atoms with Gasteiger partial charge in [-0.1, -0.05) is 0 Å². The minimum absolute atomic E-state index is 0.00877. The Balaban J connectivity index is 1.22. The number of aromatic nitrogens is 4. The predicted octanol–water partition coefficient (Wildman–Crippen LogP) is 4.32. The molecule has 1 saturated heterocycles. The van der Waals surface area contributed by atoms with Crippen LogP contribution >= 0.6 is 0 Å². The van der Waals surface area contributed by atoms with Crippen LogP contribution in [0.4, 0.5) is 4.39 Å². The molecule has 208 valence electrons. The number of carbonyl (C=O) groups excluding carboxylic acids is 1. The Labute approximate surface area is 232 Å². The average Bonchev–Trinajstić information content (AvgIpc) is 3.85. The van der Waals surface area contributed by atoms with Crippen molar-refractivity contribution in [2.75, 3.05) is 6.54 Å². The fourth-order valence-electron chi connectivity index (χ4n) is 7.29. The van der Waals surface area contributed by atoms with E-state index in [1.165, 1.54) is 18.9 Å². The number of hydrogen-bond acceptors (Lipinski definition) is 5. The van der Waals surface area contributed by atoms with Gasteiger partial charge in [0.15, 0.2) is 5.82 Å². The fraction of sp³-hybridized carbons (Fsp3) is 0.516. The first-order valence-electron chi connectivity index (χ1n) is 14.7. The van der Waals surface area contributed by atoms with Crippen molar-refractivity contribution in [1.29, 1.82) is 0 Å². The van der Waals surface area contributed by atoms with Crippen LogP contribution in [-0.2, 0) is 19.2 Å². The lowest BCUT2D eigenvalue weighted by Crippen LogP contribution is -2.41. The molecule has 40 heavy (non-hydrogen) atoms. The number of imidazole rings is 1. The topological polar surface area (TPSA) is 102 Å².